The van der Waals surface area contributed by atoms with Crippen LogP contribution in [-0.4, -0.2) is 0 Å². The summed E-state index contributed by atoms with van der Waals surface area (Å²) < 4.78 is 5.71. The van der Waals surface area contributed by atoms with E-state index in [2.05, 4.69) is 139 Å². The van der Waals surface area contributed by atoms with E-state index in [4.69, 9.17) is 4.74 Å². The molecule has 0 saturated heterocycles. The Hall–Kier alpha value is -4.36. The van der Waals surface area contributed by atoms with Crippen molar-refractivity contribution in [3.05, 3.63) is 156 Å². The highest BCUT2D eigenvalue weighted by atomic mass is 16.5. The second-order valence-electron chi connectivity index (χ2n) is 11.6. The van der Waals surface area contributed by atoms with Crippen LogP contribution >= 0.6 is 0 Å². The Morgan fingerprint density at radius 1 is 0.381 bits per heavy atom. The first-order chi connectivity index (χ1) is 20.3. The molecule has 1 nitrogen and oxygen atoms in total. The molecular weight excluding hydrogens is 508 g/mol. The lowest BCUT2D eigenvalue weighted by Gasteiger charge is -2.08. The van der Waals surface area contributed by atoms with Gasteiger partial charge in [-0.3, -0.25) is 0 Å². The minimum Gasteiger partial charge on any atom is -0.457 e. The topological polar surface area (TPSA) is 9.23 Å². The highest BCUT2D eigenvalue weighted by Gasteiger charge is 2.03. The van der Waals surface area contributed by atoms with Crippen LogP contribution in [0.5, 0.6) is 11.5 Å². The molecule has 0 amide bonds. The number of benzene rings is 6. The molecule has 0 spiro atoms. The summed E-state index contributed by atoms with van der Waals surface area (Å²) in [4.78, 5) is 0. The second kappa shape index (κ2) is 15.0. The fourth-order valence-electron chi connectivity index (χ4n) is 4.87. The molecule has 0 radical (unpaired) electrons. The van der Waals surface area contributed by atoms with Gasteiger partial charge in [-0.1, -0.05) is 157 Å². The van der Waals surface area contributed by atoms with Gasteiger partial charge in [0.1, 0.15) is 11.5 Å². The van der Waals surface area contributed by atoms with Gasteiger partial charge < -0.3 is 4.74 Å². The van der Waals surface area contributed by atoms with E-state index in [1.54, 1.807) is 0 Å². The summed E-state index contributed by atoms with van der Waals surface area (Å²) in [5.74, 6) is 3.54. The number of hydrogen-bond acceptors (Lipinski definition) is 1. The van der Waals surface area contributed by atoms with E-state index < -0.39 is 0 Å². The third-order valence-electron chi connectivity index (χ3n) is 7.41. The lowest BCUT2D eigenvalue weighted by Crippen LogP contribution is -1.88. The summed E-state index contributed by atoms with van der Waals surface area (Å²) in [5.41, 5.74) is 4.19. The van der Waals surface area contributed by atoms with Crippen LogP contribution in [0.3, 0.4) is 0 Å². The quantitative estimate of drug-likeness (QED) is 0.207. The average Bonchev–Trinajstić information content (AvgIpc) is 3.02. The molecule has 0 bridgehead atoms. The first-order valence-electron chi connectivity index (χ1n) is 15.1. The minimum atomic E-state index is 0.561. The van der Waals surface area contributed by atoms with E-state index in [9.17, 15) is 0 Å². The third kappa shape index (κ3) is 8.57. The molecule has 6 rings (SSSR count). The average molecular weight is 553 g/mol. The lowest BCUT2D eigenvalue weighted by molar-refractivity contribution is 0.482. The zero-order valence-electron chi connectivity index (χ0n) is 25.9. The highest BCUT2D eigenvalue weighted by molar-refractivity contribution is 5.86. The van der Waals surface area contributed by atoms with Crippen LogP contribution in [0.2, 0.25) is 0 Å². The monoisotopic (exact) mass is 552 g/mol. The fraction of sp³-hybridized carbons (Fsp3) is 0.220. The Kier molecular flexibility index (Phi) is 11.0. The molecule has 0 aliphatic heterocycles. The van der Waals surface area contributed by atoms with Gasteiger partial charge in [0.05, 0.1) is 0 Å². The maximum Gasteiger partial charge on any atom is 0.127 e. The fourth-order valence-corrected chi connectivity index (χ4v) is 4.87. The maximum atomic E-state index is 5.71. The molecule has 0 aliphatic rings. The summed E-state index contributed by atoms with van der Waals surface area (Å²) in [5, 5.41) is 5.40. The first-order valence-corrected chi connectivity index (χ1v) is 15.1. The van der Waals surface area contributed by atoms with Gasteiger partial charge in [-0.15, -0.1) is 0 Å². The number of rotatable bonds is 5. The Morgan fingerprint density at radius 2 is 0.905 bits per heavy atom. The smallest absolute Gasteiger partial charge is 0.127 e. The lowest BCUT2D eigenvalue weighted by atomic mass is 9.96. The van der Waals surface area contributed by atoms with Crippen molar-refractivity contribution in [1.29, 1.82) is 0 Å². The molecule has 1 heteroatoms. The van der Waals surface area contributed by atoms with Gasteiger partial charge in [0.25, 0.3) is 0 Å². The van der Waals surface area contributed by atoms with Crippen molar-refractivity contribution in [1.82, 2.24) is 0 Å². The van der Waals surface area contributed by atoms with Gasteiger partial charge in [-0.05, 0) is 80.3 Å². The molecule has 0 unspecified atom stereocenters. The number of fused-ring (bicyclic) bond motifs is 2. The molecule has 0 aromatic heterocycles. The van der Waals surface area contributed by atoms with Gasteiger partial charge in [0, 0.05) is 0 Å². The van der Waals surface area contributed by atoms with Crippen molar-refractivity contribution >= 4 is 21.5 Å². The third-order valence-corrected chi connectivity index (χ3v) is 7.41. The standard InChI is InChI=1S/C15H16O.2C13H14/c1-12(2)13-8-10-15(11-9-13)16-14-6-4-3-5-7-14;1-10(2)12-9-5-7-11-6-3-4-8-13(11)12;1-10(2)12-8-7-11-5-3-4-6-13(11)9-12/h3-12H,1-2H3;2*3-10H,1-2H3. The van der Waals surface area contributed by atoms with Gasteiger partial charge in [0.2, 0.25) is 0 Å². The highest BCUT2D eigenvalue weighted by Crippen LogP contribution is 2.25. The Bertz CT molecular complexity index is 1650. The molecule has 0 fully saturated rings. The summed E-state index contributed by atoms with van der Waals surface area (Å²) >= 11 is 0. The van der Waals surface area contributed by atoms with Crippen molar-refractivity contribution in [3.8, 4) is 11.5 Å². The van der Waals surface area contributed by atoms with Crippen molar-refractivity contribution in [2.45, 2.75) is 59.3 Å². The Morgan fingerprint density at radius 3 is 1.55 bits per heavy atom. The number of para-hydroxylation sites is 1. The predicted octanol–water partition coefficient (Wildman–Crippen LogP) is 12.5. The summed E-state index contributed by atoms with van der Waals surface area (Å²) in [6.07, 6.45) is 0. The number of hydrogen-bond donors (Lipinski definition) is 0. The Balaban J connectivity index is 0.000000146. The van der Waals surface area contributed by atoms with E-state index in [1.807, 2.05) is 42.5 Å². The van der Waals surface area contributed by atoms with Crippen molar-refractivity contribution in [3.63, 3.8) is 0 Å². The van der Waals surface area contributed by atoms with Crippen molar-refractivity contribution < 1.29 is 4.74 Å². The summed E-state index contributed by atoms with van der Waals surface area (Å²) in [7, 11) is 0. The molecular formula is C41H44O. The van der Waals surface area contributed by atoms with E-state index in [0.717, 1.165) is 11.5 Å². The predicted molar refractivity (Wildman–Crippen MR) is 183 cm³/mol. The molecule has 0 atom stereocenters. The first kappa shape index (κ1) is 30.6. The van der Waals surface area contributed by atoms with Gasteiger partial charge in [-0.2, -0.15) is 0 Å². The largest absolute Gasteiger partial charge is 0.457 e. The summed E-state index contributed by atoms with van der Waals surface area (Å²) in [6.45, 7) is 13.3. The van der Waals surface area contributed by atoms with Gasteiger partial charge >= 0.3 is 0 Å². The second-order valence-corrected chi connectivity index (χ2v) is 11.6. The molecule has 6 aromatic rings. The van der Waals surface area contributed by atoms with Crippen LogP contribution in [-0.2, 0) is 0 Å². The molecule has 42 heavy (non-hydrogen) atoms. The van der Waals surface area contributed by atoms with Crippen molar-refractivity contribution in [2.24, 2.45) is 0 Å². The van der Waals surface area contributed by atoms with E-state index >= 15 is 0 Å². The molecule has 0 N–H and O–H groups in total. The van der Waals surface area contributed by atoms with Crippen LogP contribution in [0, 0.1) is 0 Å². The van der Waals surface area contributed by atoms with Crippen LogP contribution in [0.1, 0.15) is 76.0 Å². The number of ether oxygens (including phenoxy) is 1. The maximum absolute atomic E-state index is 5.71. The molecule has 0 saturated carbocycles. The van der Waals surface area contributed by atoms with Crippen LogP contribution in [0.15, 0.2) is 140 Å². The normalized spacial score (nSPS) is 10.8. The van der Waals surface area contributed by atoms with Crippen molar-refractivity contribution in [2.75, 3.05) is 0 Å². The van der Waals surface area contributed by atoms with Crippen LogP contribution in [0.4, 0.5) is 0 Å². The van der Waals surface area contributed by atoms with Crippen LogP contribution in [0.25, 0.3) is 21.5 Å². The van der Waals surface area contributed by atoms with Crippen LogP contribution < -0.4 is 4.74 Å². The van der Waals surface area contributed by atoms with Gasteiger partial charge in [-0.25, -0.2) is 0 Å². The minimum absolute atomic E-state index is 0.561. The molecule has 0 aliphatic carbocycles. The van der Waals surface area contributed by atoms with Gasteiger partial charge in [0.15, 0.2) is 0 Å². The molecule has 214 valence electrons. The molecule has 0 heterocycles. The van der Waals surface area contributed by atoms with E-state index in [-0.39, 0.29) is 0 Å². The zero-order valence-corrected chi connectivity index (χ0v) is 25.9. The SMILES string of the molecule is CC(C)c1ccc(Oc2ccccc2)cc1.CC(C)c1ccc2ccccc2c1.CC(C)c1cccc2ccccc12. The van der Waals surface area contributed by atoms with E-state index in [1.165, 1.54) is 38.2 Å². The summed E-state index contributed by atoms with van der Waals surface area (Å²) in [6, 6.07) is 48.4. The Labute approximate surface area is 252 Å². The van der Waals surface area contributed by atoms with E-state index in [0.29, 0.717) is 17.8 Å². The molecule has 6 aromatic carbocycles. The zero-order chi connectivity index (χ0) is 29.9.